The molecule has 0 radical (unpaired) electrons. The largest absolute Gasteiger partial charge is 0.345 e. The molecule has 0 N–H and O–H groups in total. The van der Waals surface area contributed by atoms with Gasteiger partial charge in [0.05, 0.1) is 5.92 Å². The maximum absolute atomic E-state index is 12.6. The molecule has 2 aliphatic rings. The van der Waals surface area contributed by atoms with Gasteiger partial charge >= 0.3 is 0 Å². The SMILES string of the molecule is CN1CC(C(=O)N2CCSC(c3cccs3)CC2)CC1=O. The summed E-state index contributed by atoms with van der Waals surface area (Å²) in [6.07, 6.45) is 1.39. The first-order valence-electron chi connectivity index (χ1n) is 7.33. The van der Waals surface area contributed by atoms with Gasteiger partial charge in [-0.15, -0.1) is 11.3 Å². The second-order valence-corrected chi connectivity index (χ2v) is 7.95. The van der Waals surface area contributed by atoms with Gasteiger partial charge in [-0.25, -0.2) is 0 Å². The number of hydrogen-bond acceptors (Lipinski definition) is 4. The molecule has 0 spiro atoms. The van der Waals surface area contributed by atoms with Gasteiger partial charge in [0.1, 0.15) is 0 Å². The molecule has 2 atom stereocenters. The van der Waals surface area contributed by atoms with Crippen molar-refractivity contribution >= 4 is 34.9 Å². The smallest absolute Gasteiger partial charge is 0.228 e. The molecule has 2 amide bonds. The molecule has 0 aliphatic carbocycles. The fourth-order valence-corrected chi connectivity index (χ4v) is 5.22. The highest BCUT2D eigenvalue weighted by molar-refractivity contribution is 7.99. The van der Waals surface area contributed by atoms with Crippen LogP contribution in [-0.4, -0.2) is 54.0 Å². The first-order valence-corrected chi connectivity index (χ1v) is 9.25. The summed E-state index contributed by atoms with van der Waals surface area (Å²) in [5.41, 5.74) is 0. The van der Waals surface area contributed by atoms with E-state index in [0.29, 0.717) is 18.2 Å². The van der Waals surface area contributed by atoms with Crippen LogP contribution in [-0.2, 0) is 9.59 Å². The van der Waals surface area contributed by atoms with Crippen LogP contribution in [0.3, 0.4) is 0 Å². The highest BCUT2D eigenvalue weighted by Crippen LogP contribution is 2.37. The summed E-state index contributed by atoms with van der Waals surface area (Å²) in [7, 11) is 1.78. The van der Waals surface area contributed by atoms with Gasteiger partial charge in [-0.05, 0) is 17.9 Å². The number of carbonyl (C=O) groups is 2. The van der Waals surface area contributed by atoms with Gasteiger partial charge in [-0.1, -0.05) is 6.07 Å². The third kappa shape index (κ3) is 3.26. The van der Waals surface area contributed by atoms with Crippen LogP contribution in [0.15, 0.2) is 17.5 Å². The summed E-state index contributed by atoms with van der Waals surface area (Å²) in [4.78, 5) is 29.2. The monoisotopic (exact) mass is 324 g/mol. The van der Waals surface area contributed by atoms with Crippen LogP contribution in [0, 0.1) is 5.92 Å². The molecule has 1 aromatic rings. The zero-order chi connectivity index (χ0) is 14.8. The first kappa shape index (κ1) is 14.9. The van der Waals surface area contributed by atoms with Crippen LogP contribution in [0.5, 0.6) is 0 Å². The zero-order valence-corrected chi connectivity index (χ0v) is 13.8. The van der Waals surface area contributed by atoms with Crippen molar-refractivity contribution in [1.29, 1.82) is 0 Å². The summed E-state index contributed by atoms with van der Waals surface area (Å²) in [6.45, 7) is 2.19. The van der Waals surface area contributed by atoms with Crippen molar-refractivity contribution in [2.75, 3.05) is 32.4 Å². The Morgan fingerprint density at radius 2 is 2.24 bits per heavy atom. The first-order chi connectivity index (χ1) is 10.1. The van der Waals surface area contributed by atoms with Gasteiger partial charge < -0.3 is 9.80 Å². The van der Waals surface area contributed by atoms with Crippen molar-refractivity contribution in [2.45, 2.75) is 18.1 Å². The van der Waals surface area contributed by atoms with Crippen molar-refractivity contribution < 1.29 is 9.59 Å². The van der Waals surface area contributed by atoms with E-state index in [9.17, 15) is 9.59 Å². The fourth-order valence-electron chi connectivity index (χ4n) is 2.98. The Labute approximate surface area is 133 Å². The van der Waals surface area contributed by atoms with E-state index in [4.69, 9.17) is 0 Å². The Balaban J connectivity index is 1.60. The van der Waals surface area contributed by atoms with E-state index >= 15 is 0 Å². The molecule has 114 valence electrons. The van der Waals surface area contributed by atoms with Crippen LogP contribution in [0.25, 0.3) is 0 Å². The van der Waals surface area contributed by atoms with Crippen molar-refractivity contribution in [3.63, 3.8) is 0 Å². The van der Waals surface area contributed by atoms with Crippen LogP contribution >= 0.6 is 23.1 Å². The lowest BCUT2D eigenvalue weighted by atomic mass is 10.1. The number of nitrogens with zero attached hydrogens (tertiary/aromatic N) is 2. The highest BCUT2D eigenvalue weighted by atomic mass is 32.2. The second-order valence-electron chi connectivity index (χ2n) is 5.66. The predicted molar refractivity (Wildman–Crippen MR) is 86.5 cm³/mol. The summed E-state index contributed by atoms with van der Waals surface area (Å²) in [6, 6.07) is 4.28. The predicted octanol–water partition coefficient (Wildman–Crippen LogP) is 2.23. The van der Waals surface area contributed by atoms with E-state index in [2.05, 4.69) is 17.5 Å². The molecule has 2 saturated heterocycles. The minimum absolute atomic E-state index is 0.0917. The van der Waals surface area contributed by atoms with Gasteiger partial charge in [0.2, 0.25) is 11.8 Å². The molecule has 0 saturated carbocycles. The van der Waals surface area contributed by atoms with E-state index < -0.39 is 0 Å². The molecule has 0 bridgehead atoms. The lowest BCUT2D eigenvalue weighted by Crippen LogP contribution is -2.38. The van der Waals surface area contributed by atoms with E-state index in [1.807, 2.05) is 16.7 Å². The molecule has 21 heavy (non-hydrogen) atoms. The molecule has 3 rings (SSSR count). The third-order valence-electron chi connectivity index (χ3n) is 4.20. The molecule has 2 unspecified atom stereocenters. The molecule has 1 aromatic heterocycles. The maximum atomic E-state index is 12.6. The van der Waals surface area contributed by atoms with Crippen LogP contribution in [0.4, 0.5) is 0 Å². The lowest BCUT2D eigenvalue weighted by Gasteiger charge is -2.23. The minimum atomic E-state index is -0.134. The number of likely N-dealkylation sites (tertiary alicyclic amines) is 1. The third-order valence-corrected chi connectivity index (χ3v) is 6.65. The van der Waals surface area contributed by atoms with E-state index in [-0.39, 0.29) is 17.7 Å². The molecule has 4 nitrogen and oxygen atoms in total. The van der Waals surface area contributed by atoms with E-state index in [1.165, 1.54) is 4.88 Å². The van der Waals surface area contributed by atoms with Gasteiger partial charge in [0, 0.05) is 49.0 Å². The maximum Gasteiger partial charge on any atom is 0.228 e. The topological polar surface area (TPSA) is 40.6 Å². The molecule has 2 aliphatic heterocycles. The Morgan fingerprint density at radius 3 is 2.90 bits per heavy atom. The summed E-state index contributed by atoms with van der Waals surface area (Å²) in [5.74, 6) is 1.10. The Kier molecular flexibility index (Phi) is 4.54. The summed E-state index contributed by atoms with van der Waals surface area (Å²) in [5, 5.41) is 2.62. The number of amides is 2. The average molecular weight is 324 g/mol. The minimum Gasteiger partial charge on any atom is -0.345 e. The quantitative estimate of drug-likeness (QED) is 0.838. The molecular weight excluding hydrogens is 304 g/mol. The molecule has 6 heteroatoms. The highest BCUT2D eigenvalue weighted by Gasteiger charge is 2.35. The van der Waals surface area contributed by atoms with Crippen molar-refractivity contribution in [3.8, 4) is 0 Å². The van der Waals surface area contributed by atoms with Crippen LogP contribution < -0.4 is 0 Å². The Bertz CT molecular complexity index is 518. The van der Waals surface area contributed by atoms with Gasteiger partial charge in [0.15, 0.2) is 0 Å². The number of hydrogen-bond donors (Lipinski definition) is 0. The van der Waals surface area contributed by atoms with E-state index in [1.54, 1.807) is 23.3 Å². The Morgan fingerprint density at radius 1 is 1.38 bits per heavy atom. The van der Waals surface area contributed by atoms with Crippen molar-refractivity contribution in [1.82, 2.24) is 9.80 Å². The standard InChI is InChI=1S/C15H20N2O2S2/c1-16-10-11(9-14(16)18)15(19)17-5-4-13(21-8-6-17)12-3-2-7-20-12/h2-3,7,11,13H,4-6,8-10H2,1H3. The van der Waals surface area contributed by atoms with Crippen LogP contribution in [0.1, 0.15) is 23.0 Å². The number of rotatable bonds is 2. The van der Waals surface area contributed by atoms with Crippen molar-refractivity contribution in [2.24, 2.45) is 5.92 Å². The normalized spacial score (nSPS) is 27.0. The number of thioether (sulfide) groups is 1. The fraction of sp³-hybridized carbons (Fsp3) is 0.600. The van der Waals surface area contributed by atoms with Crippen LogP contribution in [0.2, 0.25) is 0 Å². The molecule has 0 aromatic carbocycles. The van der Waals surface area contributed by atoms with Gasteiger partial charge in [0.25, 0.3) is 0 Å². The van der Waals surface area contributed by atoms with E-state index in [0.717, 1.165) is 25.3 Å². The van der Waals surface area contributed by atoms with Crippen molar-refractivity contribution in [3.05, 3.63) is 22.4 Å². The average Bonchev–Trinajstić information content (AvgIpc) is 3.04. The molecule has 3 heterocycles. The Hall–Kier alpha value is -1.01. The van der Waals surface area contributed by atoms with Gasteiger partial charge in [-0.2, -0.15) is 11.8 Å². The number of carbonyl (C=O) groups excluding carboxylic acids is 2. The number of thiophene rings is 1. The lowest BCUT2D eigenvalue weighted by molar-refractivity contribution is -0.135. The molecular formula is C15H20N2O2S2. The summed E-state index contributed by atoms with van der Waals surface area (Å²) < 4.78 is 0. The zero-order valence-electron chi connectivity index (χ0n) is 12.2. The molecule has 2 fully saturated rings. The van der Waals surface area contributed by atoms with Gasteiger partial charge in [-0.3, -0.25) is 9.59 Å². The second kappa shape index (κ2) is 6.40. The summed E-state index contributed by atoms with van der Waals surface area (Å²) >= 11 is 3.74.